The standard InChI is InChI=1S/C14H25NO/c1-6-12-7-8-13(16-12)9-15-10-14(4,5)11(2)3/h7-8,11,15H,6,9-10H2,1-5H3. The zero-order valence-electron chi connectivity index (χ0n) is 11.3. The van der Waals surface area contributed by atoms with Gasteiger partial charge in [0.2, 0.25) is 0 Å². The van der Waals surface area contributed by atoms with Crippen molar-refractivity contribution in [2.45, 2.75) is 47.6 Å². The number of nitrogens with one attached hydrogen (secondary N) is 1. The maximum absolute atomic E-state index is 5.65. The maximum Gasteiger partial charge on any atom is 0.117 e. The van der Waals surface area contributed by atoms with Crippen LogP contribution in [0.4, 0.5) is 0 Å². The van der Waals surface area contributed by atoms with Gasteiger partial charge in [-0.1, -0.05) is 34.6 Å². The average Bonchev–Trinajstić information content (AvgIpc) is 2.65. The van der Waals surface area contributed by atoms with Crippen LogP contribution >= 0.6 is 0 Å². The van der Waals surface area contributed by atoms with Crippen molar-refractivity contribution in [1.29, 1.82) is 0 Å². The summed E-state index contributed by atoms with van der Waals surface area (Å²) in [4.78, 5) is 0. The van der Waals surface area contributed by atoms with Crippen LogP contribution in [0.15, 0.2) is 16.5 Å². The van der Waals surface area contributed by atoms with Crippen LogP contribution in [-0.4, -0.2) is 6.54 Å². The Labute approximate surface area is 99.4 Å². The van der Waals surface area contributed by atoms with E-state index in [-0.39, 0.29) is 0 Å². The molecule has 2 heteroatoms. The molecule has 92 valence electrons. The second-order valence-corrected chi connectivity index (χ2v) is 5.47. The van der Waals surface area contributed by atoms with Crippen LogP contribution in [0, 0.1) is 11.3 Å². The molecular weight excluding hydrogens is 198 g/mol. The Kier molecular flexibility index (Phi) is 4.60. The van der Waals surface area contributed by atoms with E-state index in [1.54, 1.807) is 0 Å². The molecule has 0 saturated heterocycles. The fourth-order valence-corrected chi connectivity index (χ4v) is 1.42. The maximum atomic E-state index is 5.65. The van der Waals surface area contributed by atoms with E-state index in [4.69, 9.17) is 4.42 Å². The Balaban J connectivity index is 2.35. The molecule has 1 heterocycles. The van der Waals surface area contributed by atoms with Crippen molar-refractivity contribution in [1.82, 2.24) is 5.32 Å². The van der Waals surface area contributed by atoms with E-state index >= 15 is 0 Å². The van der Waals surface area contributed by atoms with Crippen molar-refractivity contribution < 1.29 is 4.42 Å². The molecule has 0 aliphatic heterocycles. The summed E-state index contributed by atoms with van der Waals surface area (Å²) in [5.74, 6) is 2.79. The van der Waals surface area contributed by atoms with Crippen LogP contribution in [-0.2, 0) is 13.0 Å². The first-order valence-corrected chi connectivity index (χ1v) is 6.24. The van der Waals surface area contributed by atoms with Gasteiger partial charge in [-0.05, 0) is 23.5 Å². The molecule has 0 unspecified atom stereocenters. The number of aryl methyl sites for hydroxylation is 1. The van der Waals surface area contributed by atoms with Crippen molar-refractivity contribution in [2.24, 2.45) is 11.3 Å². The van der Waals surface area contributed by atoms with E-state index in [0.29, 0.717) is 11.3 Å². The Morgan fingerprint density at radius 3 is 2.38 bits per heavy atom. The second-order valence-electron chi connectivity index (χ2n) is 5.47. The molecule has 0 spiro atoms. The first kappa shape index (κ1) is 13.3. The molecule has 1 N–H and O–H groups in total. The fraction of sp³-hybridized carbons (Fsp3) is 0.714. The number of hydrogen-bond acceptors (Lipinski definition) is 2. The van der Waals surface area contributed by atoms with Gasteiger partial charge in [0.25, 0.3) is 0 Å². The predicted octanol–water partition coefficient (Wildman–Crippen LogP) is 3.61. The number of hydrogen-bond donors (Lipinski definition) is 1. The lowest BCUT2D eigenvalue weighted by Crippen LogP contribution is -2.33. The van der Waals surface area contributed by atoms with Gasteiger partial charge < -0.3 is 9.73 Å². The molecule has 0 aliphatic carbocycles. The van der Waals surface area contributed by atoms with Crippen molar-refractivity contribution in [2.75, 3.05) is 6.54 Å². The summed E-state index contributed by atoms with van der Waals surface area (Å²) in [6.07, 6.45) is 0.970. The summed E-state index contributed by atoms with van der Waals surface area (Å²) in [6.45, 7) is 13.1. The lowest BCUT2D eigenvalue weighted by Gasteiger charge is -2.29. The van der Waals surface area contributed by atoms with Gasteiger partial charge >= 0.3 is 0 Å². The molecule has 0 bridgehead atoms. The van der Waals surface area contributed by atoms with Crippen molar-refractivity contribution >= 4 is 0 Å². The summed E-state index contributed by atoms with van der Waals surface area (Å²) in [5, 5.41) is 3.47. The summed E-state index contributed by atoms with van der Waals surface area (Å²) < 4.78 is 5.65. The van der Waals surface area contributed by atoms with Gasteiger partial charge in [0, 0.05) is 13.0 Å². The van der Waals surface area contributed by atoms with Gasteiger partial charge in [-0.3, -0.25) is 0 Å². The van der Waals surface area contributed by atoms with Gasteiger partial charge in [0.05, 0.1) is 6.54 Å². The minimum absolute atomic E-state index is 0.334. The van der Waals surface area contributed by atoms with E-state index in [9.17, 15) is 0 Å². The minimum Gasteiger partial charge on any atom is -0.465 e. The monoisotopic (exact) mass is 223 g/mol. The topological polar surface area (TPSA) is 25.2 Å². The highest BCUT2D eigenvalue weighted by Crippen LogP contribution is 2.24. The summed E-state index contributed by atoms with van der Waals surface area (Å²) in [6, 6.07) is 4.12. The molecule has 0 fully saturated rings. The first-order chi connectivity index (χ1) is 7.45. The average molecular weight is 223 g/mol. The second kappa shape index (κ2) is 5.53. The third kappa shape index (κ3) is 3.67. The molecule has 1 rings (SSSR count). The molecule has 0 amide bonds. The Bertz CT molecular complexity index is 312. The zero-order chi connectivity index (χ0) is 12.2. The molecule has 2 nitrogen and oxygen atoms in total. The Hall–Kier alpha value is -0.760. The van der Waals surface area contributed by atoms with Crippen molar-refractivity contribution in [3.8, 4) is 0 Å². The van der Waals surface area contributed by atoms with Crippen molar-refractivity contribution in [3.05, 3.63) is 23.7 Å². The van der Waals surface area contributed by atoms with Gasteiger partial charge in [-0.15, -0.1) is 0 Å². The molecule has 0 atom stereocenters. The minimum atomic E-state index is 0.334. The normalized spacial score (nSPS) is 12.4. The largest absolute Gasteiger partial charge is 0.465 e. The smallest absolute Gasteiger partial charge is 0.117 e. The van der Waals surface area contributed by atoms with Crippen LogP contribution in [0.1, 0.15) is 46.1 Å². The molecule has 0 radical (unpaired) electrons. The zero-order valence-corrected chi connectivity index (χ0v) is 11.3. The third-order valence-corrected chi connectivity index (χ3v) is 3.51. The van der Waals surface area contributed by atoms with E-state index in [1.165, 1.54) is 0 Å². The first-order valence-electron chi connectivity index (χ1n) is 6.24. The highest BCUT2D eigenvalue weighted by atomic mass is 16.3. The quantitative estimate of drug-likeness (QED) is 0.797. The molecule has 0 saturated carbocycles. The van der Waals surface area contributed by atoms with Crippen LogP contribution in [0.25, 0.3) is 0 Å². The highest BCUT2D eigenvalue weighted by molar-refractivity contribution is 5.06. The van der Waals surface area contributed by atoms with E-state index in [0.717, 1.165) is 31.0 Å². The Morgan fingerprint density at radius 2 is 1.88 bits per heavy atom. The van der Waals surface area contributed by atoms with Crippen LogP contribution < -0.4 is 5.32 Å². The van der Waals surface area contributed by atoms with E-state index in [2.05, 4.69) is 52.1 Å². The highest BCUT2D eigenvalue weighted by Gasteiger charge is 2.21. The van der Waals surface area contributed by atoms with E-state index in [1.807, 2.05) is 0 Å². The van der Waals surface area contributed by atoms with Crippen LogP contribution in [0.5, 0.6) is 0 Å². The van der Waals surface area contributed by atoms with E-state index < -0.39 is 0 Å². The van der Waals surface area contributed by atoms with Crippen LogP contribution in [0.2, 0.25) is 0 Å². The van der Waals surface area contributed by atoms with Crippen molar-refractivity contribution in [3.63, 3.8) is 0 Å². The Morgan fingerprint density at radius 1 is 1.25 bits per heavy atom. The third-order valence-electron chi connectivity index (χ3n) is 3.51. The fourth-order valence-electron chi connectivity index (χ4n) is 1.42. The molecule has 16 heavy (non-hydrogen) atoms. The number of furan rings is 1. The molecular formula is C14H25NO. The lowest BCUT2D eigenvalue weighted by atomic mass is 9.81. The summed E-state index contributed by atoms with van der Waals surface area (Å²) >= 11 is 0. The molecule has 0 aliphatic rings. The van der Waals surface area contributed by atoms with Gasteiger partial charge in [0.15, 0.2) is 0 Å². The van der Waals surface area contributed by atoms with Crippen LogP contribution in [0.3, 0.4) is 0 Å². The summed E-state index contributed by atoms with van der Waals surface area (Å²) in [5.41, 5.74) is 0.334. The molecule has 0 aromatic carbocycles. The van der Waals surface area contributed by atoms with Gasteiger partial charge in [0.1, 0.15) is 11.5 Å². The summed E-state index contributed by atoms with van der Waals surface area (Å²) in [7, 11) is 0. The molecule has 1 aromatic heterocycles. The number of rotatable bonds is 6. The predicted molar refractivity (Wildman–Crippen MR) is 68.4 cm³/mol. The molecule has 1 aromatic rings. The lowest BCUT2D eigenvalue weighted by molar-refractivity contribution is 0.235. The van der Waals surface area contributed by atoms with Gasteiger partial charge in [-0.25, -0.2) is 0 Å². The SMILES string of the molecule is CCc1ccc(CNCC(C)(C)C(C)C)o1. The van der Waals surface area contributed by atoms with Gasteiger partial charge in [-0.2, -0.15) is 0 Å².